The maximum Gasteiger partial charge on any atom is 0.162 e. The molecule has 0 amide bonds. The van der Waals surface area contributed by atoms with Crippen LogP contribution < -0.4 is 19.1 Å². The van der Waals surface area contributed by atoms with Crippen LogP contribution >= 0.6 is 0 Å². The van der Waals surface area contributed by atoms with Crippen LogP contribution in [0.4, 0.5) is 5.82 Å². The molecule has 3 aromatic rings. The van der Waals surface area contributed by atoms with Crippen molar-refractivity contribution >= 4 is 16.7 Å². The zero-order chi connectivity index (χ0) is 20.2. The van der Waals surface area contributed by atoms with Crippen LogP contribution in [0.3, 0.4) is 0 Å². The van der Waals surface area contributed by atoms with Crippen molar-refractivity contribution in [2.75, 3.05) is 46.0 Å². The van der Waals surface area contributed by atoms with Gasteiger partial charge in [-0.25, -0.2) is 9.97 Å². The monoisotopic (exact) mass is 395 g/mol. The normalized spacial score (nSPS) is 13.3. The minimum Gasteiger partial charge on any atom is -0.493 e. The van der Waals surface area contributed by atoms with Crippen molar-refractivity contribution in [3.63, 3.8) is 0 Å². The molecule has 0 bridgehead atoms. The van der Waals surface area contributed by atoms with Gasteiger partial charge in [-0.2, -0.15) is 0 Å². The zero-order valence-corrected chi connectivity index (χ0v) is 17.0. The van der Waals surface area contributed by atoms with Gasteiger partial charge in [0.2, 0.25) is 0 Å². The third-order valence-electron chi connectivity index (χ3n) is 5.19. The molecule has 0 aliphatic carbocycles. The molecule has 0 saturated heterocycles. The Bertz CT molecular complexity index is 1010. The summed E-state index contributed by atoms with van der Waals surface area (Å²) in [5, 5.41) is 0.936. The van der Waals surface area contributed by atoms with Gasteiger partial charge in [-0.3, -0.25) is 0 Å². The number of rotatable bonds is 7. The summed E-state index contributed by atoms with van der Waals surface area (Å²) in [5.41, 5.74) is 3.33. The van der Waals surface area contributed by atoms with E-state index in [-0.39, 0.29) is 0 Å². The van der Waals surface area contributed by atoms with E-state index in [9.17, 15) is 0 Å². The van der Waals surface area contributed by atoms with Gasteiger partial charge in [-0.05, 0) is 24.1 Å². The minimum atomic E-state index is 0.528. The fraction of sp³-hybridized carbons (Fsp3) is 0.364. The fourth-order valence-electron chi connectivity index (χ4n) is 3.72. The first-order valence-electron chi connectivity index (χ1n) is 9.59. The van der Waals surface area contributed by atoms with E-state index in [1.54, 1.807) is 27.7 Å². The number of benzene rings is 2. The van der Waals surface area contributed by atoms with Crippen LogP contribution in [0.25, 0.3) is 10.9 Å². The molecular formula is C22H25N3O4. The predicted octanol–water partition coefficient (Wildman–Crippen LogP) is 3.23. The van der Waals surface area contributed by atoms with E-state index in [2.05, 4.69) is 20.9 Å². The smallest absolute Gasteiger partial charge is 0.162 e. The lowest BCUT2D eigenvalue weighted by Crippen LogP contribution is -2.31. The maximum atomic E-state index is 5.96. The molecule has 1 aromatic heterocycles. The largest absolute Gasteiger partial charge is 0.493 e. The second-order valence-electron chi connectivity index (χ2n) is 6.83. The lowest BCUT2D eigenvalue weighted by Gasteiger charge is -2.31. The molecule has 152 valence electrons. The zero-order valence-electron chi connectivity index (χ0n) is 17.0. The van der Waals surface area contributed by atoms with Crippen LogP contribution in [0.1, 0.15) is 11.1 Å². The first kappa shape index (κ1) is 19.3. The van der Waals surface area contributed by atoms with Crippen molar-refractivity contribution in [2.24, 2.45) is 0 Å². The molecule has 1 aliphatic rings. The Hall–Kier alpha value is -3.06. The highest BCUT2D eigenvalue weighted by Crippen LogP contribution is 2.37. The first-order valence-corrected chi connectivity index (χ1v) is 9.59. The second-order valence-corrected chi connectivity index (χ2v) is 6.83. The van der Waals surface area contributed by atoms with E-state index in [1.807, 2.05) is 24.3 Å². The Labute approximate surface area is 170 Å². The summed E-state index contributed by atoms with van der Waals surface area (Å²) >= 11 is 0. The molecule has 1 aliphatic heterocycles. The molecule has 2 heterocycles. The molecule has 0 atom stereocenters. The second kappa shape index (κ2) is 8.53. The Kier molecular flexibility index (Phi) is 5.67. The molecule has 0 radical (unpaired) electrons. The number of hydrogen-bond donors (Lipinski definition) is 0. The molecule has 0 fully saturated rings. The van der Waals surface area contributed by atoms with Gasteiger partial charge in [0.15, 0.2) is 11.5 Å². The molecule has 2 aromatic carbocycles. The molecule has 29 heavy (non-hydrogen) atoms. The van der Waals surface area contributed by atoms with Gasteiger partial charge in [-0.15, -0.1) is 0 Å². The van der Waals surface area contributed by atoms with E-state index in [0.29, 0.717) is 24.7 Å². The third-order valence-corrected chi connectivity index (χ3v) is 5.19. The van der Waals surface area contributed by atoms with Crippen molar-refractivity contribution in [3.8, 4) is 17.2 Å². The van der Waals surface area contributed by atoms with Gasteiger partial charge in [-0.1, -0.05) is 12.1 Å². The highest BCUT2D eigenvalue weighted by atomic mass is 16.5. The quantitative estimate of drug-likeness (QED) is 0.569. The number of hydrogen-bond acceptors (Lipinski definition) is 7. The van der Waals surface area contributed by atoms with Crippen molar-refractivity contribution in [1.82, 2.24) is 9.97 Å². The average Bonchev–Trinajstić information content (AvgIpc) is 2.77. The van der Waals surface area contributed by atoms with Crippen molar-refractivity contribution in [2.45, 2.75) is 13.0 Å². The van der Waals surface area contributed by atoms with Crippen molar-refractivity contribution in [3.05, 3.63) is 47.8 Å². The summed E-state index contributed by atoms with van der Waals surface area (Å²) in [7, 11) is 4.93. The van der Waals surface area contributed by atoms with Gasteiger partial charge in [0.1, 0.15) is 24.5 Å². The number of fused-ring (bicyclic) bond motifs is 2. The molecule has 7 heteroatoms. The summed E-state index contributed by atoms with van der Waals surface area (Å²) in [6.45, 7) is 2.68. The highest BCUT2D eigenvalue weighted by Gasteiger charge is 2.23. The number of anilines is 1. The van der Waals surface area contributed by atoms with Gasteiger partial charge < -0.3 is 23.8 Å². The van der Waals surface area contributed by atoms with E-state index < -0.39 is 0 Å². The van der Waals surface area contributed by atoms with Gasteiger partial charge in [0, 0.05) is 37.2 Å². The molecule has 0 saturated carbocycles. The lowest BCUT2D eigenvalue weighted by molar-refractivity contribution is 0.145. The fourth-order valence-corrected chi connectivity index (χ4v) is 3.72. The maximum absolute atomic E-state index is 5.96. The molecular weight excluding hydrogens is 370 g/mol. The van der Waals surface area contributed by atoms with Crippen LogP contribution in [-0.4, -0.2) is 51.1 Å². The van der Waals surface area contributed by atoms with Gasteiger partial charge in [0.05, 0.1) is 26.3 Å². The summed E-state index contributed by atoms with van der Waals surface area (Å²) in [6.07, 6.45) is 2.52. The average molecular weight is 395 g/mol. The van der Waals surface area contributed by atoms with E-state index >= 15 is 0 Å². The van der Waals surface area contributed by atoms with Crippen LogP contribution in [0.2, 0.25) is 0 Å². The number of aromatic nitrogens is 2. The van der Waals surface area contributed by atoms with Gasteiger partial charge >= 0.3 is 0 Å². The minimum absolute atomic E-state index is 0.528. The predicted molar refractivity (Wildman–Crippen MR) is 111 cm³/mol. The van der Waals surface area contributed by atoms with E-state index in [4.69, 9.17) is 18.9 Å². The summed E-state index contributed by atoms with van der Waals surface area (Å²) in [6, 6.07) is 10.1. The Morgan fingerprint density at radius 2 is 1.79 bits per heavy atom. The van der Waals surface area contributed by atoms with Crippen LogP contribution in [0, 0.1) is 0 Å². The number of methoxy groups -OCH3 is 3. The summed E-state index contributed by atoms with van der Waals surface area (Å²) < 4.78 is 22.0. The Morgan fingerprint density at radius 1 is 0.966 bits per heavy atom. The van der Waals surface area contributed by atoms with E-state index in [0.717, 1.165) is 42.0 Å². The SMILES string of the molecule is COCCOc1cccc2c1CN(c1ncnc3cc(OC)c(OC)cc13)CC2. The van der Waals surface area contributed by atoms with Gasteiger partial charge in [0.25, 0.3) is 0 Å². The molecule has 0 N–H and O–H groups in total. The number of ether oxygens (including phenoxy) is 4. The van der Waals surface area contributed by atoms with Crippen LogP contribution in [0.5, 0.6) is 17.2 Å². The lowest BCUT2D eigenvalue weighted by atomic mass is 9.98. The molecule has 7 nitrogen and oxygen atoms in total. The summed E-state index contributed by atoms with van der Waals surface area (Å²) in [5.74, 6) is 3.11. The van der Waals surface area contributed by atoms with Crippen molar-refractivity contribution in [1.29, 1.82) is 0 Å². The molecule has 0 spiro atoms. The van der Waals surface area contributed by atoms with Crippen molar-refractivity contribution < 1.29 is 18.9 Å². The molecule has 4 rings (SSSR count). The first-order chi connectivity index (χ1) is 14.2. The standard InChI is InChI=1S/C22H25N3O4/c1-26-9-10-29-19-6-4-5-15-7-8-25(13-17(15)19)22-16-11-20(27-2)21(28-3)12-18(16)23-14-24-22/h4-6,11-12,14H,7-10,13H2,1-3H3. The van der Waals surface area contributed by atoms with Crippen LogP contribution in [0.15, 0.2) is 36.7 Å². The number of nitrogens with zero attached hydrogens (tertiary/aromatic N) is 3. The topological polar surface area (TPSA) is 65.9 Å². The van der Waals surface area contributed by atoms with Crippen LogP contribution in [-0.2, 0) is 17.7 Å². The molecule has 0 unspecified atom stereocenters. The Morgan fingerprint density at radius 3 is 2.59 bits per heavy atom. The van der Waals surface area contributed by atoms with E-state index in [1.165, 1.54) is 11.1 Å². The summed E-state index contributed by atoms with van der Waals surface area (Å²) in [4.78, 5) is 11.3. The Balaban J connectivity index is 1.70. The third kappa shape index (κ3) is 3.78. The highest BCUT2D eigenvalue weighted by molar-refractivity contribution is 5.92.